The molecule has 3 heterocycles. The van der Waals surface area contributed by atoms with E-state index in [9.17, 15) is 4.79 Å². The highest BCUT2D eigenvalue weighted by Gasteiger charge is 2.43. The molecule has 0 unspecified atom stereocenters. The molecule has 144 valence electrons. The van der Waals surface area contributed by atoms with E-state index >= 15 is 0 Å². The minimum atomic E-state index is -0.0507. The summed E-state index contributed by atoms with van der Waals surface area (Å²) in [4.78, 5) is 15.0. The molecule has 0 radical (unpaired) electrons. The highest BCUT2D eigenvalue weighted by atomic mass is 16.5. The summed E-state index contributed by atoms with van der Waals surface area (Å²) >= 11 is 0. The fourth-order valence-electron chi connectivity index (χ4n) is 4.58. The second kappa shape index (κ2) is 6.95. The number of nitrogens with one attached hydrogen (secondary N) is 2. The van der Waals surface area contributed by atoms with Gasteiger partial charge < -0.3 is 15.0 Å². The SMILES string of the molecule is Cc1cc(NC(=O)N2CCC[C@@H]3O[C@H](c4ccccc4)C[C@@H]32)cc2[nH]ncc12. The van der Waals surface area contributed by atoms with Gasteiger partial charge in [0.05, 0.1) is 30.0 Å². The average Bonchev–Trinajstić information content (AvgIpc) is 3.35. The second-order valence-corrected chi connectivity index (χ2v) is 7.77. The van der Waals surface area contributed by atoms with Crippen molar-refractivity contribution in [2.24, 2.45) is 0 Å². The molecule has 0 spiro atoms. The highest BCUT2D eigenvalue weighted by molar-refractivity contribution is 5.93. The van der Waals surface area contributed by atoms with Crippen LogP contribution in [-0.2, 0) is 4.74 Å². The van der Waals surface area contributed by atoms with E-state index in [1.807, 2.05) is 48.4 Å². The Morgan fingerprint density at radius 2 is 2.14 bits per heavy atom. The Morgan fingerprint density at radius 3 is 3.00 bits per heavy atom. The summed E-state index contributed by atoms with van der Waals surface area (Å²) in [6.07, 6.45) is 4.81. The largest absolute Gasteiger partial charge is 0.368 e. The topological polar surface area (TPSA) is 70.2 Å². The number of carbonyl (C=O) groups excluding carboxylic acids is 1. The Morgan fingerprint density at radius 1 is 1.29 bits per heavy atom. The Bertz CT molecular complexity index is 1000. The molecule has 2 N–H and O–H groups in total. The number of hydrogen-bond acceptors (Lipinski definition) is 3. The van der Waals surface area contributed by atoms with Crippen molar-refractivity contribution in [1.29, 1.82) is 0 Å². The number of amides is 2. The predicted molar refractivity (Wildman–Crippen MR) is 108 cm³/mol. The third-order valence-electron chi connectivity index (χ3n) is 5.96. The van der Waals surface area contributed by atoms with Crippen LogP contribution in [0.25, 0.3) is 10.9 Å². The maximum atomic E-state index is 13.1. The maximum absolute atomic E-state index is 13.1. The van der Waals surface area contributed by atoms with Crippen LogP contribution in [-0.4, -0.2) is 39.8 Å². The molecule has 6 nitrogen and oxygen atoms in total. The minimum Gasteiger partial charge on any atom is -0.368 e. The smallest absolute Gasteiger partial charge is 0.322 e. The van der Waals surface area contributed by atoms with Gasteiger partial charge in [0.2, 0.25) is 0 Å². The van der Waals surface area contributed by atoms with Crippen LogP contribution in [0.2, 0.25) is 0 Å². The summed E-state index contributed by atoms with van der Waals surface area (Å²) in [6.45, 7) is 2.79. The number of carbonyl (C=O) groups is 1. The molecule has 6 heteroatoms. The van der Waals surface area contributed by atoms with Crippen LogP contribution >= 0.6 is 0 Å². The molecule has 0 saturated carbocycles. The van der Waals surface area contributed by atoms with Crippen LogP contribution < -0.4 is 5.32 Å². The molecule has 1 aromatic heterocycles. The zero-order valence-electron chi connectivity index (χ0n) is 15.9. The first-order valence-corrected chi connectivity index (χ1v) is 9.91. The first-order valence-electron chi connectivity index (χ1n) is 9.91. The van der Waals surface area contributed by atoms with Gasteiger partial charge in [0, 0.05) is 24.0 Å². The van der Waals surface area contributed by atoms with Gasteiger partial charge in [0.15, 0.2) is 0 Å². The lowest BCUT2D eigenvalue weighted by molar-refractivity contribution is 0.00680. The van der Waals surface area contributed by atoms with Gasteiger partial charge in [0.1, 0.15) is 0 Å². The van der Waals surface area contributed by atoms with Crippen LogP contribution in [0.15, 0.2) is 48.7 Å². The lowest BCUT2D eigenvalue weighted by Gasteiger charge is -2.36. The fraction of sp³-hybridized carbons (Fsp3) is 0.364. The van der Waals surface area contributed by atoms with Crippen LogP contribution in [0.5, 0.6) is 0 Å². The molecule has 2 aliphatic rings. The molecular weight excluding hydrogens is 352 g/mol. The summed E-state index contributed by atoms with van der Waals surface area (Å²) in [7, 11) is 0. The third-order valence-corrected chi connectivity index (χ3v) is 5.96. The zero-order valence-corrected chi connectivity index (χ0v) is 15.9. The Balaban J connectivity index is 1.34. The zero-order chi connectivity index (χ0) is 19.1. The number of anilines is 1. The van der Waals surface area contributed by atoms with Crippen molar-refractivity contribution in [2.75, 3.05) is 11.9 Å². The number of H-pyrrole nitrogens is 1. The second-order valence-electron chi connectivity index (χ2n) is 7.77. The van der Waals surface area contributed by atoms with E-state index in [0.29, 0.717) is 0 Å². The van der Waals surface area contributed by atoms with Gasteiger partial charge in [-0.2, -0.15) is 5.10 Å². The normalized spacial score (nSPS) is 24.3. The van der Waals surface area contributed by atoms with Crippen LogP contribution in [0.1, 0.15) is 36.5 Å². The average molecular weight is 376 g/mol. The van der Waals surface area contributed by atoms with Gasteiger partial charge in [-0.3, -0.25) is 5.10 Å². The summed E-state index contributed by atoms with van der Waals surface area (Å²) in [5.41, 5.74) is 4.00. The number of hydrogen-bond donors (Lipinski definition) is 2. The number of benzene rings is 2. The summed E-state index contributed by atoms with van der Waals surface area (Å²) in [5.74, 6) is 0. The Kier molecular flexibility index (Phi) is 4.28. The van der Waals surface area contributed by atoms with E-state index in [1.54, 1.807) is 0 Å². The number of aryl methyl sites for hydroxylation is 1. The molecule has 2 aromatic carbocycles. The molecule has 0 aliphatic carbocycles. The highest BCUT2D eigenvalue weighted by Crippen LogP contribution is 2.39. The first kappa shape index (κ1) is 17.3. The van der Waals surface area contributed by atoms with Crippen LogP contribution in [0.3, 0.4) is 0 Å². The van der Waals surface area contributed by atoms with Gasteiger partial charge in [-0.05, 0) is 43.0 Å². The number of aromatic amines is 1. The van der Waals surface area contributed by atoms with E-state index < -0.39 is 0 Å². The van der Waals surface area contributed by atoms with Crippen molar-refractivity contribution in [3.05, 3.63) is 59.8 Å². The van der Waals surface area contributed by atoms with Crippen LogP contribution in [0, 0.1) is 6.92 Å². The molecule has 3 atom stereocenters. The number of likely N-dealkylation sites (tertiary alicyclic amines) is 1. The Labute approximate surface area is 163 Å². The molecule has 2 fully saturated rings. The van der Waals surface area contributed by atoms with E-state index in [-0.39, 0.29) is 24.3 Å². The lowest BCUT2D eigenvalue weighted by atomic mass is 9.96. The third kappa shape index (κ3) is 3.03. The summed E-state index contributed by atoms with van der Waals surface area (Å²) in [6, 6.07) is 14.3. The van der Waals surface area contributed by atoms with Crippen molar-refractivity contribution in [3.63, 3.8) is 0 Å². The van der Waals surface area contributed by atoms with Crippen molar-refractivity contribution in [2.45, 2.75) is 44.4 Å². The summed E-state index contributed by atoms with van der Waals surface area (Å²) < 4.78 is 6.31. The monoisotopic (exact) mass is 376 g/mol. The van der Waals surface area contributed by atoms with Gasteiger partial charge in [0.25, 0.3) is 0 Å². The maximum Gasteiger partial charge on any atom is 0.322 e. The quantitative estimate of drug-likeness (QED) is 0.696. The van der Waals surface area contributed by atoms with Gasteiger partial charge in [-0.1, -0.05) is 30.3 Å². The standard InChI is InChI=1S/C22H24N4O2/c1-14-10-16(11-18-17(14)13-23-25-18)24-22(27)26-9-5-8-20-19(26)12-21(28-20)15-6-3-2-4-7-15/h2-4,6-7,10-11,13,19-21H,5,8-9,12H2,1H3,(H,23,25)(H,24,27)/t19-,20-,21-/m0/s1. The number of nitrogens with zero attached hydrogens (tertiary/aromatic N) is 2. The van der Waals surface area contributed by atoms with Crippen molar-refractivity contribution in [3.8, 4) is 0 Å². The molecule has 2 saturated heterocycles. The number of rotatable bonds is 2. The molecule has 3 aromatic rings. The number of urea groups is 1. The van der Waals surface area contributed by atoms with E-state index in [2.05, 4.69) is 27.6 Å². The predicted octanol–water partition coefficient (Wildman–Crippen LogP) is 4.40. The van der Waals surface area contributed by atoms with Gasteiger partial charge >= 0.3 is 6.03 Å². The lowest BCUT2D eigenvalue weighted by Crippen LogP contribution is -2.50. The molecule has 28 heavy (non-hydrogen) atoms. The van der Waals surface area contributed by atoms with Crippen molar-refractivity contribution in [1.82, 2.24) is 15.1 Å². The number of ether oxygens (including phenoxy) is 1. The van der Waals surface area contributed by atoms with E-state index in [4.69, 9.17) is 4.74 Å². The molecular formula is C22H24N4O2. The number of aromatic nitrogens is 2. The van der Waals surface area contributed by atoms with Crippen molar-refractivity contribution >= 4 is 22.6 Å². The van der Waals surface area contributed by atoms with Crippen molar-refractivity contribution < 1.29 is 9.53 Å². The molecule has 2 aliphatic heterocycles. The van der Waals surface area contributed by atoms with Gasteiger partial charge in [-0.15, -0.1) is 0 Å². The van der Waals surface area contributed by atoms with Crippen LogP contribution in [0.4, 0.5) is 10.5 Å². The van der Waals surface area contributed by atoms with E-state index in [0.717, 1.165) is 48.0 Å². The Hall–Kier alpha value is -2.86. The van der Waals surface area contributed by atoms with Gasteiger partial charge in [-0.25, -0.2) is 4.79 Å². The molecule has 0 bridgehead atoms. The number of fused-ring (bicyclic) bond motifs is 2. The molecule has 5 rings (SSSR count). The minimum absolute atomic E-state index is 0.0507. The fourth-order valence-corrected chi connectivity index (χ4v) is 4.58. The first-order chi connectivity index (χ1) is 13.7. The molecule has 2 amide bonds. The number of piperidine rings is 1. The summed E-state index contributed by atoms with van der Waals surface area (Å²) in [5, 5.41) is 11.2. The van der Waals surface area contributed by atoms with E-state index in [1.165, 1.54) is 5.56 Å².